The summed E-state index contributed by atoms with van der Waals surface area (Å²) in [6.45, 7) is 6.36. The number of aromatic amines is 1. The van der Waals surface area contributed by atoms with Gasteiger partial charge in [0.2, 0.25) is 0 Å². The molecule has 3 rings (SSSR count). The molecule has 0 unspecified atom stereocenters. The van der Waals surface area contributed by atoms with E-state index in [1.54, 1.807) is 11.3 Å². The SMILES string of the molecule is CCNC(=NCCc1ncc(C)s1)N(C)Cc1ncc(-c2ccccc2)[nH]1. The highest BCUT2D eigenvalue weighted by Gasteiger charge is 2.10. The van der Waals surface area contributed by atoms with Crippen LogP contribution in [0.4, 0.5) is 0 Å². The molecular weight excluding hydrogens is 356 g/mol. The molecule has 0 saturated carbocycles. The number of benzene rings is 1. The quantitative estimate of drug-likeness (QED) is 0.485. The van der Waals surface area contributed by atoms with E-state index in [0.29, 0.717) is 13.1 Å². The summed E-state index contributed by atoms with van der Waals surface area (Å²) in [5.41, 5.74) is 2.17. The molecule has 1 aromatic carbocycles. The Morgan fingerprint density at radius 3 is 2.74 bits per heavy atom. The van der Waals surface area contributed by atoms with Gasteiger partial charge in [0.05, 0.1) is 23.4 Å². The topological polar surface area (TPSA) is 69.2 Å². The smallest absolute Gasteiger partial charge is 0.194 e. The molecule has 0 bridgehead atoms. The average Bonchev–Trinajstić information content (AvgIpc) is 3.31. The van der Waals surface area contributed by atoms with Gasteiger partial charge in [-0.25, -0.2) is 9.97 Å². The molecule has 0 spiro atoms. The number of imidazole rings is 1. The van der Waals surface area contributed by atoms with Crippen molar-refractivity contribution in [1.29, 1.82) is 0 Å². The molecule has 2 N–H and O–H groups in total. The van der Waals surface area contributed by atoms with Crippen LogP contribution in [0.5, 0.6) is 0 Å². The fraction of sp³-hybridized carbons (Fsp3) is 0.350. The lowest BCUT2D eigenvalue weighted by atomic mass is 10.2. The van der Waals surface area contributed by atoms with E-state index in [9.17, 15) is 0 Å². The molecule has 0 saturated heterocycles. The van der Waals surface area contributed by atoms with Crippen LogP contribution in [0.3, 0.4) is 0 Å². The van der Waals surface area contributed by atoms with Crippen LogP contribution in [0, 0.1) is 6.92 Å². The molecule has 0 amide bonds. The number of nitrogens with one attached hydrogen (secondary N) is 2. The van der Waals surface area contributed by atoms with Gasteiger partial charge in [0.25, 0.3) is 0 Å². The fourth-order valence-corrected chi connectivity index (χ4v) is 3.53. The third kappa shape index (κ3) is 5.40. The van der Waals surface area contributed by atoms with Crippen LogP contribution in [0.25, 0.3) is 11.3 Å². The second-order valence-corrected chi connectivity index (χ2v) is 7.64. The zero-order valence-electron chi connectivity index (χ0n) is 16.1. The highest BCUT2D eigenvalue weighted by Crippen LogP contribution is 2.16. The summed E-state index contributed by atoms with van der Waals surface area (Å²) in [4.78, 5) is 20.4. The van der Waals surface area contributed by atoms with Crippen molar-refractivity contribution in [3.8, 4) is 11.3 Å². The van der Waals surface area contributed by atoms with Crippen molar-refractivity contribution < 1.29 is 0 Å². The van der Waals surface area contributed by atoms with Crippen molar-refractivity contribution >= 4 is 17.3 Å². The van der Waals surface area contributed by atoms with Gasteiger partial charge in [-0.15, -0.1) is 11.3 Å². The Labute approximate surface area is 164 Å². The van der Waals surface area contributed by atoms with Crippen molar-refractivity contribution in [2.24, 2.45) is 4.99 Å². The van der Waals surface area contributed by atoms with Gasteiger partial charge in [0.15, 0.2) is 5.96 Å². The number of H-pyrrole nitrogens is 1. The molecule has 0 aliphatic heterocycles. The maximum Gasteiger partial charge on any atom is 0.194 e. The highest BCUT2D eigenvalue weighted by atomic mass is 32.1. The van der Waals surface area contributed by atoms with Crippen molar-refractivity contribution in [1.82, 2.24) is 25.2 Å². The minimum Gasteiger partial charge on any atom is -0.357 e. The van der Waals surface area contributed by atoms with E-state index in [1.165, 1.54) is 4.88 Å². The first kappa shape index (κ1) is 19.1. The fourth-order valence-electron chi connectivity index (χ4n) is 2.75. The lowest BCUT2D eigenvalue weighted by Crippen LogP contribution is -2.38. The van der Waals surface area contributed by atoms with Gasteiger partial charge < -0.3 is 15.2 Å². The molecule has 2 heterocycles. The van der Waals surface area contributed by atoms with Gasteiger partial charge in [-0.2, -0.15) is 0 Å². The van der Waals surface area contributed by atoms with Crippen LogP contribution < -0.4 is 5.32 Å². The van der Waals surface area contributed by atoms with Crippen molar-refractivity contribution in [3.63, 3.8) is 0 Å². The zero-order chi connectivity index (χ0) is 19.1. The first-order chi connectivity index (χ1) is 13.2. The Balaban J connectivity index is 1.61. The number of aliphatic imine (C=N–C) groups is 1. The Bertz CT molecular complexity index is 867. The van der Waals surface area contributed by atoms with Crippen LogP contribution in [0.15, 0.2) is 47.7 Å². The molecule has 7 heteroatoms. The number of nitrogens with zero attached hydrogens (tertiary/aromatic N) is 4. The number of hydrogen-bond donors (Lipinski definition) is 2. The van der Waals surface area contributed by atoms with Gasteiger partial charge in [-0.05, 0) is 19.4 Å². The van der Waals surface area contributed by atoms with Gasteiger partial charge in [0.1, 0.15) is 5.82 Å². The van der Waals surface area contributed by atoms with E-state index in [-0.39, 0.29) is 0 Å². The number of hydrogen-bond acceptors (Lipinski definition) is 4. The number of rotatable bonds is 7. The summed E-state index contributed by atoms with van der Waals surface area (Å²) >= 11 is 1.74. The summed E-state index contributed by atoms with van der Waals surface area (Å²) in [6, 6.07) is 10.2. The molecule has 0 radical (unpaired) electrons. The monoisotopic (exact) mass is 382 g/mol. The molecule has 0 fully saturated rings. The number of aromatic nitrogens is 3. The van der Waals surface area contributed by atoms with E-state index in [0.717, 1.165) is 41.0 Å². The molecule has 0 atom stereocenters. The number of guanidine groups is 1. The van der Waals surface area contributed by atoms with Gasteiger partial charge >= 0.3 is 0 Å². The first-order valence-corrected chi connectivity index (χ1v) is 9.97. The lowest BCUT2D eigenvalue weighted by molar-refractivity contribution is 0.464. The molecule has 0 aliphatic carbocycles. The minimum absolute atomic E-state index is 0.662. The zero-order valence-corrected chi connectivity index (χ0v) is 16.9. The molecular formula is C20H26N6S. The van der Waals surface area contributed by atoms with Gasteiger partial charge in [0, 0.05) is 37.6 Å². The summed E-state index contributed by atoms with van der Waals surface area (Å²) in [7, 11) is 2.03. The minimum atomic E-state index is 0.662. The van der Waals surface area contributed by atoms with Gasteiger partial charge in [-0.1, -0.05) is 30.3 Å². The lowest BCUT2D eigenvalue weighted by Gasteiger charge is -2.21. The summed E-state index contributed by atoms with van der Waals surface area (Å²) in [5.74, 6) is 1.79. The maximum atomic E-state index is 4.74. The van der Waals surface area contributed by atoms with E-state index >= 15 is 0 Å². The second kappa shape index (κ2) is 9.32. The van der Waals surface area contributed by atoms with Gasteiger partial charge in [-0.3, -0.25) is 4.99 Å². The van der Waals surface area contributed by atoms with Crippen molar-refractivity contribution in [2.45, 2.75) is 26.8 Å². The van der Waals surface area contributed by atoms with Crippen LogP contribution in [0.1, 0.15) is 22.6 Å². The van der Waals surface area contributed by atoms with Crippen LogP contribution in [0.2, 0.25) is 0 Å². The van der Waals surface area contributed by atoms with E-state index < -0.39 is 0 Å². The van der Waals surface area contributed by atoms with Crippen molar-refractivity contribution in [3.05, 3.63) is 58.4 Å². The standard InChI is InChI=1S/C20H26N6S/c1-4-21-20(22-11-10-19-24-12-15(2)27-19)26(3)14-18-23-13-17(25-18)16-8-6-5-7-9-16/h5-9,12-13H,4,10-11,14H2,1-3H3,(H,21,22)(H,23,25). The maximum absolute atomic E-state index is 4.74. The highest BCUT2D eigenvalue weighted by molar-refractivity contribution is 7.11. The average molecular weight is 383 g/mol. The molecule has 6 nitrogen and oxygen atoms in total. The molecule has 3 aromatic rings. The molecule has 27 heavy (non-hydrogen) atoms. The Kier molecular flexibility index (Phi) is 6.59. The Hall–Kier alpha value is -2.67. The predicted octanol–water partition coefficient (Wildman–Crippen LogP) is 3.48. The third-order valence-electron chi connectivity index (χ3n) is 4.05. The largest absolute Gasteiger partial charge is 0.357 e. The van der Waals surface area contributed by atoms with Crippen LogP contribution in [-0.2, 0) is 13.0 Å². The second-order valence-electron chi connectivity index (χ2n) is 6.32. The third-order valence-corrected chi connectivity index (χ3v) is 5.03. The van der Waals surface area contributed by atoms with Crippen molar-refractivity contribution in [2.75, 3.05) is 20.1 Å². The van der Waals surface area contributed by atoms with Crippen LogP contribution in [-0.4, -0.2) is 45.9 Å². The predicted molar refractivity (Wildman–Crippen MR) is 112 cm³/mol. The summed E-state index contributed by atoms with van der Waals surface area (Å²) < 4.78 is 0. The molecule has 2 aromatic heterocycles. The normalized spacial score (nSPS) is 11.6. The Morgan fingerprint density at radius 2 is 2.04 bits per heavy atom. The Morgan fingerprint density at radius 1 is 1.22 bits per heavy atom. The summed E-state index contributed by atoms with van der Waals surface area (Å²) in [5, 5.41) is 4.48. The van der Waals surface area contributed by atoms with E-state index in [2.05, 4.69) is 51.1 Å². The summed E-state index contributed by atoms with van der Waals surface area (Å²) in [6.07, 6.45) is 4.66. The van der Waals surface area contributed by atoms with E-state index in [4.69, 9.17) is 4.99 Å². The number of thiazole rings is 1. The molecule has 0 aliphatic rings. The number of aryl methyl sites for hydroxylation is 1. The van der Waals surface area contributed by atoms with E-state index in [1.807, 2.05) is 37.6 Å². The first-order valence-electron chi connectivity index (χ1n) is 9.15. The van der Waals surface area contributed by atoms with Crippen LogP contribution >= 0.6 is 11.3 Å². The molecule has 142 valence electrons.